The van der Waals surface area contributed by atoms with Gasteiger partial charge in [-0.15, -0.1) is 0 Å². The molecule has 0 spiro atoms. The number of carbonyl (C=O) groups is 1. The lowest BCUT2D eigenvalue weighted by Gasteiger charge is -2.21. The minimum Gasteiger partial charge on any atom is -0.357 e. The zero-order chi connectivity index (χ0) is 18.4. The molecule has 0 aliphatic carbocycles. The van der Waals surface area contributed by atoms with Gasteiger partial charge in [-0.3, -0.25) is 4.79 Å². The summed E-state index contributed by atoms with van der Waals surface area (Å²) in [6.07, 6.45) is 6.67. The van der Waals surface area contributed by atoms with E-state index in [0.29, 0.717) is 12.4 Å². The predicted octanol–water partition coefficient (Wildman–Crippen LogP) is 1.80. The molecule has 0 aromatic carbocycles. The molecule has 1 aliphatic rings. The van der Waals surface area contributed by atoms with E-state index in [0.717, 1.165) is 31.0 Å². The second-order valence-electron chi connectivity index (χ2n) is 6.79. The van der Waals surface area contributed by atoms with Crippen LogP contribution in [0, 0.1) is 0 Å². The van der Waals surface area contributed by atoms with Crippen LogP contribution in [-0.4, -0.2) is 66.2 Å². The van der Waals surface area contributed by atoms with Gasteiger partial charge in [0.05, 0.1) is 0 Å². The number of likely N-dealkylation sites (N-methyl/N-ethyl adjacent to an activating group) is 1. The van der Waals surface area contributed by atoms with E-state index >= 15 is 0 Å². The van der Waals surface area contributed by atoms with E-state index in [9.17, 15) is 4.79 Å². The van der Waals surface area contributed by atoms with Crippen LogP contribution in [0.5, 0.6) is 0 Å². The second-order valence-corrected chi connectivity index (χ2v) is 6.79. The number of hydrogen-bond acceptors (Lipinski definition) is 7. The molecule has 1 amide bonds. The molecule has 0 unspecified atom stereocenters. The number of anilines is 1. The van der Waals surface area contributed by atoms with E-state index in [4.69, 9.17) is 4.52 Å². The number of nitrogens with one attached hydrogen (secondary N) is 1. The van der Waals surface area contributed by atoms with Crippen molar-refractivity contribution in [3.8, 4) is 11.4 Å². The first-order valence-electron chi connectivity index (χ1n) is 9.11. The molecule has 1 saturated heterocycles. The van der Waals surface area contributed by atoms with Crippen LogP contribution in [0.2, 0.25) is 0 Å². The first kappa shape index (κ1) is 18.3. The van der Waals surface area contributed by atoms with Gasteiger partial charge in [-0.1, -0.05) is 18.0 Å². The fourth-order valence-corrected chi connectivity index (χ4v) is 2.93. The molecule has 8 heteroatoms. The first-order valence-corrected chi connectivity index (χ1v) is 9.11. The van der Waals surface area contributed by atoms with Gasteiger partial charge in [0, 0.05) is 37.9 Å². The molecule has 1 fully saturated rings. The summed E-state index contributed by atoms with van der Waals surface area (Å²) in [7, 11) is 3.89. The van der Waals surface area contributed by atoms with Crippen molar-refractivity contribution in [3.05, 3.63) is 24.2 Å². The Morgan fingerprint density at radius 2 is 2.04 bits per heavy atom. The molecule has 1 aliphatic heterocycles. The molecule has 140 valence electrons. The summed E-state index contributed by atoms with van der Waals surface area (Å²) in [6, 6.07) is 3.80. The summed E-state index contributed by atoms with van der Waals surface area (Å²) < 4.78 is 5.12. The number of hydrogen-bond donors (Lipinski definition) is 1. The minimum absolute atomic E-state index is 0.0214. The SMILES string of the molecule is CN(C)CCNC(=O)c1nc(-c2ccnc(N3CCCCCC3)c2)no1. The lowest BCUT2D eigenvalue weighted by molar-refractivity contribution is 0.0907. The van der Waals surface area contributed by atoms with Gasteiger partial charge in [0.15, 0.2) is 0 Å². The molecule has 0 saturated carbocycles. The third kappa shape index (κ3) is 4.78. The van der Waals surface area contributed by atoms with Gasteiger partial charge in [-0.25, -0.2) is 4.98 Å². The normalized spacial score (nSPS) is 15.1. The highest BCUT2D eigenvalue weighted by Gasteiger charge is 2.17. The van der Waals surface area contributed by atoms with Crippen LogP contribution >= 0.6 is 0 Å². The molecule has 2 aromatic rings. The van der Waals surface area contributed by atoms with E-state index in [2.05, 4.69) is 25.3 Å². The third-order valence-electron chi connectivity index (χ3n) is 4.40. The molecule has 26 heavy (non-hydrogen) atoms. The zero-order valence-corrected chi connectivity index (χ0v) is 15.4. The quantitative estimate of drug-likeness (QED) is 0.842. The molecule has 8 nitrogen and oxygen atoms in total. The highest BCUT2D eigenvalue weighted by Crippen LogP contribution is 2.22. The lowest BCUT2D eigenvalue weighted by atomic mass is 10.2. The van der Waals surface area contributed by atoms with Crippen molar-refractivity contribution >= 4 is 11.7 Å². The molecule has 3 heterocycles. The summed E-state index contributed by atoms with van der Waals surface area (Å²) in [5, 5.41) is 6.72. The highest BCUT2D eigenvalue weighted by molar-refractivity contribution is 5.89. The topological polar surface area (TPSA) is 87.4 Å². The van der Waals surface area contributed by atoms with Gasteiger partial charge in [-0.2, -0.15) is 4.98 Å². The number of aromatic nitrogens is 3. The summed E-state index contributed by atoms with van der Waals surface area (Å²) in [4.78, 5) is 25.1. The van der Waals surface area contributed by atoms with E-state index in [-0.39, 0.29) is 11.8 Å². The largest absolute Gasteiger partial charge is 0.357 e. The molecule has 1 N–H and O–H groups in total. The fraction of sp³-hybridized carbons (Fsp3) is 0.556. The van der Waals surface area contributed by atoms with Crippen molar-refractivity contribution < 1.29 is 9.32 Å². The Bertz CT molecular complexity index is 722. The van der Waals surface area contributed by atoms with Crippen LogP contribution in [0.4, 0.5) is 5.82 Å². The van der Waals surface area contributed by atoms with Gasteiger partial charge in [0.1, 0.15) is 5.82 Å². The van der Waals surface area contributed by atoms with Gasteiger partial charge in [0.25, 0.3) is 0 Å². The standard InChI is InChI=1S/C18H26N6O2/c1-23(2)12-9-20-17(25)18-21-16(22-26-18)14-7-8-19-15(13-14)24-10-5-3-4-6-11-24/h7-8,13H,3-6,9-12H2,1-2H3,(H,20,25). The fourth-order valence-electron chi connectivity index (χ4n) is 2.93. The van der Waals surface area contributed by atoms with Crippen molar-refractivity contribution in [3.63, 3.8) is 0 Å². The van der Waals surface area contributed by atoms with Gasteiger partial charge >= 0.3 is 11.8 Å². The van der Waals surface area contributed by atoms with Gasteiger partial charge < -0.3 is 19.6 Å². The molecular formula is C18H26N6O2. The Morgan fingerprint density at radius 3 is 2.77 bits per heavy atom. The molecule has 2 aromatic heterocycles. The number of carbonyl (C=O) groups excluding carboxylic acids is 1. The zero-order valence-electron chi connectivity index (χ0n) is 15.4. The van der Waals surface area contributed by atoms with Crippen LogP contribution in [0.3, 0.4) is 0 Å². The first-order chi connectivity index (χ1) is 12.6. The Balaban J connectivity index is 1.68. The average Bonchev–Trinajstić information content (AvgIpc) is 2.97. The number of rotatable bonds is 6. The molecule has 0 bridgehead atoms. The Morgan fingerprint density at radius 1 is 1.27 bits per heavy atom. The van der Waals surface area contributed by atoms with Crippen molar-refractivity contribution in [2.75, 3.05) is 45.2 Å². The van der Waals surface area contributed by atoms with E-state index in [1.165, 1.54) is 25.7 Å². The molecule has 0 atom stereocenters. The lowest BCUT2D eigenvalue weighted by Crippen LogP contribution is -2.31. The molecule has 0 radical (unpaired) electrons. The van der Waals surface area contributed by atoms with Crippen molar-refractivity contribution in [2.45, 2.75) is 25.7 Å². The number of amides is 1. The van der Waals surface area contributed by atoms with E-state index < -0.39 is 0 Å². The Labute approximate surface area is 153 Å². The van der Waals surface area contributed by atoms with Crippen LogP contribution in [-0.2, 0) is 0 Å². The Hall–Kier alpha value is -2.48. The predicted molar refractivity (Wildman–Crippen MR) is 99.1 cm³/mol. The highest BCUT2D eigenvalue weighted by atomic mass is 16.5. The number of pyridine rings is 1. The van der Waals surface area contributed by atoms with E-state index in [1.807, 2.05) is 31.1 Å². The van der Waals surface area contributed by atoms with Crippen LogP contribution in [0.1, 0.15) is 36.4 Å². The van der Waals surface area contributed by atoms with Gasteiger partial charge in [-0.05, 0) is 39.1 Å². The van der Waals surface area contributed by atoms with Crippen LogP contribution in [0.15, 0.2) is 22.9 Å². The van der Waals surface area contributed by atoms with Crippen molar-refractivity contribution in [1.29, 1.82) is 0 Å². The van der Waals surface area contributed by atoms with Crippen LogP contribution < -0.4 is 10.2 Å². The summed E-state index contributed by atoms with van der Waals surface area (Å²) in [5.41, 5.74) is 0.801. The smallest absolute Gasteiger partial charge is 0.316 e. The maximum absolute atomic E-state index is 12.1. The summed E-state index contributed by atoms with van der Waals surface area (Å²) in [6.45, 7) is 3.30. The van der Waals surface area contributed by atoms with Gasteiger partial charge in [0.2, 0.25) is 5.82 Å². The molecule has 3 rings (SSSR count). The number of nitrogens with zero attached hydrogens (tertiary/aromatic N) is 5. The maximum atomic E-state index is 12.1. The Kier molecular flexibility index (Phi) is 6.17. The average molecular weight is 358 g/mol. The molecular weight excluding hydrogens is 332 g/mol. The summed E-state index contributed by atoms with van der Waals surface area (Å²) in [5.74, 6) is 0.951. The summed E-state index contributed by atoms with van der Waals surface area (Å²) >= 11 is 0. The van der Waals surface area contributed by atoms with Crippen molar-refractivity contribution in [2.24, 2.45) is 0 Å². The third-order valence-corrected chi connectivity index (χ3v) is 4.40. The second kappa shape index (κ2) is 8.75. The van der Waals surface area contributed by atoms with Crippen LogP contribution in [0.25, 0.3) is 11.4 Å². The van der Waals surface area contributed by atoms with E-state index in [1.54, 1.807) is 6.20 Å². The van der Waals surface area contributed by atoms with Crippen molar-refractivity contribution in [1.82, 2.24) is 25.3 Å². The minimum atomic E-state index is -0.354. The maximum Gasteiger partial charge on any atom is 0.316 e. The monoisotopic (exact) mass is 358 g/mol.